The molecular weight excluding hydrogens is 583 g/mol. The second kappa shape index (κ2) is 12.0. The Kier molecular flexibility index (Phi) is 8.98. The van der Waals surface area contributed by atoms with E-state index in [1.54, 1.807) is 6.07 Å². The molecule has 1 fully saturated rings. The number of ketones is 1. The highest BCUT2D eigenvalue weighted by atomic mass is 35.5. The lowest BCUT2D eigenvalue weighted by atomic mass is 9.62. The zero-order valence-corrected chi connectivity index (χ0v) is 25.3. The van der Waals surface area contributed by atoms with E-state index < -0.39 is 41.0 Å². The SMILES string of the molecule is COc1cc(C(C)=O)ccc1NC(=O)C1N[C@@H](CC(C)(C)C)[C@](C#N)(c2ccc(Cl)cc2F)C1c1cccc(Cl)c1F. The third-order valence-corrected chi connectivity index (χ3v) is 8.12. The molecule has 4 rings (SSSR count). The van der Waals surface area contributed by atoms with Crippen molar-refractivity contribution in [2.45, 2.75) is 57.5 Å². The summed E-state index contributed by atoms with van der Waals surface area (Å²) in [6.07, 6.45) is 0.335. The molecular formula is C32H31Cl2F2N3O3. The first kappa shape index (κ1) is 31.4. The van der Waals surface area contributed by atoms with Gasteiger partial charge in [-0.15, -0.1) is 0 Å². The molecule has 1 amide bonds. The molecule has 2 unspecified atom stereocenters. The lowest BCUT2D eigenvalue weighted by Crippen LogP contribution is -2.45. The second-order valence-corrected chi connectivity index (χ2v) is 12.5. The van der Waals surface area contributed by atoms with Gasteiger partial charge in [-0.1, -0.05) is 62.2 Å². The summed E-state index contributed by atoms with van der Waals surface area (Å²) >= 11 is 12.3. The molecule has 3 aromatic carbocycles. The van der Waals surface area contributed by atoms with Crippen LogP contribution in [0.1, 0.15) is 61.5 Å². The standard InChI is InChI=1S/C32H31Cl2F2N3O3/c1-17(40)18-9-12-24(25(13-18)42-5)38-30(41)29-27(20-7-6-8-22(34)28(20)36)32(16-37,26(39-29)15-31(2,3)4)21-11-10-19(33)14-23(21)35/h6-14,26-27,29,39H,15H2,1-5H3,(H,38,41)/t26-,27?,29?,32-/m0/s1. The van der Waals surface area contributed by atoms with Crippen molar-refractivity contribution in [3.05, 3.63) is 93.0 Å². The molecule has 2 N–H and O–H groups in total. The summed E-state index contributed by atoms with van der Waals surface area (Å²) in [5.41, 5.74) is -1.51. The molecule has 0 radical (unpaired) electrons. The predicted molar refractivity (Wildman–Crippen MR) is 159 cm³/mol. The molecule has 1 aliphatic heterocycles. The van der Waals surface area contributed by atoms with Crippen LogP contribution < -0.4 is 15.4 Å². The molecule has 3 aromatic rings. The van der Waals surface area contributed by atoms with Gasteiger partial charge in [-0.3, -0.25) is 9.59 Å². The zero-order chi connectivity index (χ0) is 31.0. The van der Waals surface area contributed by atoms with Crippen molar-refractivity contribution < 1.29 is 23.1 Å². The summed E-state index contributed by atoms with van der Waals surface area (Å²) in [6, 6.07) is 13.2. The summed E-state index contributed by atoms with van der Waals surface area (Å²) in [5, 5.41) is 17.0. The van der Waals surface area contributed by atoms with E-state index >= 15 is 8.78 Å². The van der Waals surface area contributed by atoms with Gasteiger partial charge in [-0.05, 0) is 60.7 Å². The summed E-state index contributed by atoms with van der Waals surface area (Å²) in [5.74, 6) is -3.34. The Morgan fingerprint density at radius 2 is 1.83 bits per heavy atom. The van der Waals surface area contributed by atoms with E-state index in [-0.39, 0.29) is 43.8 Å². The van der Waals surface area contributed by atoms with Crippen molar-refractivity contribution in [2.24, 2.45) is 5.41 Å². The molecule has 1 heterocycles. The average Bonchev–Trinajstić information content (AvgIpc) is 3.23. The van der Waals surface area contributed by atoms with Gasteiger partial charge in [0, 0.05) is 28.1 Å². The van der Waals surface area contributed by atoms with Crippen molar-refractivity contribution in [1.29, 1.82) is 5.26 Å². The number of methoxy groups -OCH3 is 1. The van der Waals surface area contributed by atoms with Crippen molar-refractivity contribution >= 4 is 40.6 Å². The van der Waals surface area contributed by atoms with E-state index in [9.17, 15) is 14.9 Å². The van der Waals surface area contributed by atoms with Crippen LogP contribution in [0.2, 0.25) is 10.0 Å². The Morgan fingerprint density at radius 1 is 1.12 bits per heavy atom. The van der Waals surface area contributed by atoms with Gasteiger partial charge in [0.2, 0.25) is 5.91 Å². The molecule has 42 heavy (non-hydrogen) atoms. The molecule has 1 aliphatic rings. The number of nitrogens with zero attached hydrogens (tertiary/aromatic N) is 1. The number of ether oxygens (including phenoxy) is 1. The fraction of sp³-hybridized carbons (Fsp3) is 0.344. The minimum absolute atomic E-state index is 0.0126. The number of halogens is 4. The molecule has 0 aliphatic carbocycles. The Labute approximate surface area is 254 Å². The fourth-order valence-electron chi connectivity index (χ4n) is 5.78. The number of hydrogen-bond donors (Lipinski definition) is 2. The van der Waals surface area contributed by atoms with E-state index in [0.717, 1.165) is 6.07 Å². The molecule has 220 valence electrons. The quantitative estimate of drug-likeness (QED) is 0.270. The minimum Gasteiger partial charge on any atom is -0.495 e. The van der Waals surface area contributed by atoms with Crippen LogP contribution in [0.15, 0.2) is 54.6 Å². The zero-order valence-electron chi connectivity index (χ0n) is 23.8. The van der Waals surface area contributed by atoms with Crippen LogP contribution in [0.5, 0.6) is 5.75 Å². The fourth-order valence-corrected chi connectivity index (χ4v) is 6.12. The Balaban J connectivity index is 1.95. The number of carbonyl (C=O) groups is 2. The smallest absolute Gasteiger partial charge is 0.242 e. The van der Waals surface area contributed by atoms with E-state index in [1.165, 1.54) is 56.5 Å². The van der Waals surface area contributed by atoms with Crippen LogP contribution in [0.25, 0.3) is 0 Å². The van der Waals surface area contributed by atoms with Gasteiger partial charge in [0.15, 0.2) is 5.78 Å². The minimum atomic E-state index is -1.75. The number of Topliss-reactive ketones (excluding diaryl/α,β-unsaturated/α-hetero) is 1. The Hall–Kier alpha value is -3.51. The molecule has 4 atom stereocenters. The number of hydrogen-bond acceptors (Lipinski definition) is 5. The van der Waals surface area contributed by atoms with E-state index in [1.807, 2.05) is 20.8 Å². The monoisotopic (exact) mass is 613 g/mol. The first-order valence-electron chi connectivity index (χ1n) is 13.3. The van der Waals surface area contributed by atoms with Gasteiger partial charge in [0.05, 0.1) is 29.9 Å². The second-order valence-electron chi connectivity index (χ2n) is 11.6. The molecule has 6 nitrogen and oxygen atoms in total. The van der Waals surface area contributed by atoms with Crippen molar-refractivity contribution in [3.63, 3.8) is 0 Å². The van der Waals surface area contributed by atoms with Crippen LogP contribution in [-0.2, 0) is 10.2 Å². The van der Waals surface area contributed by atoms with Crippen molar-refractivity contribution in [1.82, 2.24) is 5.32 Å². The highest BCUT2D eigenvalue weighted by molar-refractivity contribution is 6.31. The average molecular weight is 615 g/mol. The maximum Gasteiger partial charge on any atom is 0.242 e. The van der Waals surface area contributed by atoms with Gasteiger partial charge in [0.25, 0.3) is 0 Å². The normalized spacial score (nSPS) is 22.0. The molecule has 1 saturated heterocycles. The van der Waals surface area contributed by atoms with Gasteiger partial charge in [-0.2, -0.15) is 5.26 Å². The summed E-state index contributed by atoms with van der Waals surface area (Å²) in [4.78, 5) is 26.0. The topological polar surface area (TPSA) is 91.2 Å². The Bertz CT molecular complexity index is 1580. The maximum absolute atomic E-state index is 15.8. The predicted octanol–water partition coefficient (Wildman–Crippen LogP) is 7.44. The molecule has 0 aromatic heterocycles. The highest BCUT2D eigenvalue weighted by Crippen LogP contribution is 2.53. The van der Waals surface area contributed by atoms with E-state index in [0.29, 0.717) is 12.0 Å². The number of rotatable bonds is 7. The number of carbonyl (C=O) groups excluding carboxylic acids is 2. The number of benzene rings is 3. The Morgan fingerprint density at radius 3 is 2.43 bits per heavy atom. The van der Waals surface area contributed by atoms with Gasteiger partial charge >= 0.3 is 0 Å². The molecule has 0 spiro atoms. The van der Waals surface area contributed by atoms with E-state index in [4.69, 9.17) is 27.9 Å². The lowest BCUT2D eigenvalue weighted by molar-refractivity contribution is -0.118. The van der Waals surface area contributed by atoms with Crippen LogP contribution in [0, 0.1) is 28.4 Å². The van der Waals surface area contributed by atoms with Gasteiger partial charge in [-0.25, -0.2) is 8.78 Å². The summed E-state index contributed by atoms with van der Waals surface area (Å²) in [7, 11) is 1.40. The third kappa shape index (κ3) is 5.87. The first-order valence-corrected chi connectivity index (χ1v) is 14.1. The first-order chi connectivity index (χ1) is 19.7. The van der Waals surface area contributed by atoms with E-state index in [2.05, 4.69) is 16.7 Å². The van der Waals surface area contributed by atoms with Crippen LogP contribution >= 0.6 is 23.2 Å². The summed E-state index contributed by atoms with van der Waals surface area (Å²) < 4.78 is 37.0. The maximum atomic E-state index is 15.8. The van der Waals surface area contributed by atoms with Crippen molar-refractivity contribution in [2.75, 3.05) is 12.4 Å². The highest BCUT2D eigenvalue weighted by Gasteiger charge is 2.61. The largest absolute Gasteiger partial charge is 0.495 e. The summed E-state index contributed by atoms with van der Waals surface area (Å²) in [6.45, 7) is 7.28. The van der Waals surface area contributed by atoms with Crippen LogP contribution in [0.3, 0.4) is 0 Å². The molecule has 0 bridgehead atoms. The number of amides is 1. The third-order valence-electron chi connectivity index (χ3n) is 7.60. The van der Waals surface area contributed by atoms with Crippen molar-refractivity contribution in [3.8, 4) is 11.8 Å². The van der Waals surface area contributed by atoms with Gasteiger partial charge in [0.1, 0.15) is 22.8 Å². The number of nitrogens with one attached hydrogen (secondary N) is 2. The molecule has 10 heteroatoms. The van der Waals surface area contributed by atoms with Gasteiger partial charge < -0.3 is 15.4 Å². The number of anilines is 1. The lowest BCUT2D eigenvalue weighted by Gasteiger charge is -2.37. The van der Waals surface area contributed by atoms with Crippen LogP contribution in [0.4, 0.5) is 14.5 Å². The molecule has 0 saturated carbocycles. The number of nitriles is 1. The van der Waals surface area contributed by atoms with Crippen LogP contribution in [-0.4, -0.2) is 30.9 Å².